The minimum atomic E-state index is 0. The summed E-state index contributed by atoms with van der Waals surface area (Å²) >= 11 is 0. The van der Waals surface area contributed by atoms with Gasteiger partial charge in [0.25, 0.3) is 0 Å². The van der Waals surface area contributed by atoms with Gasteiger partial charge in [-0.05, 0) is 0 Å². The molecule has 0 aromatic carbocycles. The average molecular weight is 90.1 g/mol. The maximum absolute atomic E-state index is 5.62. The van der Waals surface area contributed by atoms with Gasteiger partial charge in [0.15, 0.2) is 0 Å². The number of rotatable bonds is 0. The third-order valence-corrected chi connectivity index (χ3v) is 0. The van der Waals surface area contributed by atoms with Crippen LogP contribution >= 0.6 is 0 Å². The van der Waals surface area contributed by atoms with Gasteiger partial charge in [-0.1, -0.05) is 0 Å². The van der Waals surface area contributed by atoms with Gasteiger partial charge in [0, 0.05) is 0 Å². The van der Waals surface area contributed by atoms with E-state index >= 15 is 0 Å². The van der Waals surface area contributed by atoms with Crippen molar-refractivity contribution in [2.24, 2.45) is 0 Å². The zero-order chi connectivity index (χ0) is 5.41. The van der Waals surface area contributed by atoms with Crippen molar-refractivity contribution < 1.29 is 18.9 Å². The van der Waals surface area contributed by atoms with E-state index in [0.29, 0.717) is 0 Å². The number of allylic oxidation sites excluding steroid dienone is 1. The summed E-state index contributed by atoms with van der Waals surface area (Å²) in [7, 11) is 0. The Bertz CT molecular complexity index is 54.7. The van der Waals surface area contributed by atoms with Crippen LogP contribution in [0.4, 0.5) is 0 Å². The van der Waals surface area contributed by atoms with Crippen molar-refractivity contribution >= 4 is 6.01 Å². The minimum absolute atomic E-state index is 0. The molecule has 0 heterocycles. The van der Waals surface area contributed by atoms with Crippen LogP contribution in [0.2, 0.25) is 0 Å². The van der Waals surface area contributed by atoms with Gasteiger partial charge >= 0.3 is 18.9 Å². The molecule has 0 aromatic rings. The van der Waals surface area contributed by atoms with Crippen LogP contribution in [0.1, 0.15) is 0 Å². The molecular weight excluding hydrogens is 83.0 g/mol. The smallest absolute Gasteiger partial charge is 0.245 e. The molecular formula is C4H7LiN2. The van der Waals surface area contributed by atoms with Crippen LogP contribution in [-0.4, -0.2) is 6.01 Å². The van der Waals surface area contributed by atoms with Gasteiger partial charge in [-0.3, -0.25) is 0 Å². The summed E-state index contributed by atoms with van der Waals surface area (Å²) in [5, 5.41) is 11.2. The second-order valence-corrected chi connectivity index (χ2v) is 0.414. The fourth-order valence-electron chi connectivity index (χ4n) is 0. The van der Waals surface area contributed by atoms with Crippen LogP contribution in [0.3, 0.4) is 0 Å². The molecule has 0 unspecified atom stereocenters. The normalized spacial score (nSPS) is 2.86. The molecule has 0 radical (unpaired) electrons. The second-order valence-electron chi connectivity index (χ2n) is 0.414. The third kappa shape index (κ3) is 422. The fourth-order valence-corrected chi connectivity index (χ4v) is 0. The number of nitrogens with one attached hydrogen (secondary N) is 2. The van der Waals surface area contributed by atoms with E-state index in [1.807, 2.05) is 0 Å². The van der Waals surface area contributed by atoms with Gasteiger partial charge in [-0.25, -0.2) is 30.4 Å². The Hall–Kier alpha value is -0.413. The minimum Gasteiger partial charge on any atom is -0.245 e. The van der Waals surface area contributed by atoms with E-state index in [4.69, 9.17) is 10.8 Å². The summed E-state index contributed by atoms with van der Waals surface area (Å²) in [5.41, 5.74) is 0. The molecule has 0 saturated carbocycles. The Labute approximate surface area is 55.8 Å². The van der Waals surface area contributed by atoms with Crippen LogP contribution in [0.5, 0.6) is 0 Å². The molecule has 0 bridgehead atoms. The van der Waals surface area contributed by atoms with Crippen molar-refractivity contribution in [2.75, 3.05) is 0 Å². The molecule has 0 aliphatic heterocycles. The number of hydrogen-bond acceptors (Lipinski definition) is 2. The first-order valence-corrected chi connectivity index (χ1v) is 1.32. The van der Waals surface area contributed by atoms with Crippen LogP contribution in [0.15, 0.2) is 12.7 Å². The van der Waals surface area contributed by atoms with E-state index in [1.165, 1.54) is 12.1 Å². The first kappa shape index (κ1) is 16.0. The molecule has 2 nitrogen and oxygen atoms in total. The van der Waals surface area contributed by atoms with E-state index in [0.717, 1.165) is 0 Å². The SMILES string of the molecule is C=C[CH2-].N=C=N.[Li+]. The maximum Gasteiger partial charge on any atom is 1.00 e. The van der Waals surface area contributed by atoms with Crippen LogP contribution in [-0.2, 0) is 0 Å². The van der Waals surface area contributed by atoms with Crippen LogP contribution < -0.4 is 18.9 Å². The van der Waals surface area contributed by atoms with Crippen molar-refractivity contribution in [1.29, 1.82) is 10.8 Å². The second kappa shape index (κ2) is 46.7. The monoisotopic (exact) mass is 90.1 g/mol. The first-order valence-electron chi connectivity index (χ1n) is 1.32. The van der Waals surface area contributed by atoms with Crippen molar-refractivity contribution in [1.82, 2.24) is 0 Å². The molecule has 3 heteroatoms. The molecule has 34 valence electrons. The number of hydrogen-bond donors (Lipinski definition) is 2. The molecule has 0 fully saturated rings. The van der Waals surface area contributed by atoms with Crippen molar-refractivity contribution in [3.63, 3.8) is 0 Å². The Balaban J connectivity index is -0.0000000400. The van der Waals surface area contributed by atoms with Crippen molar-refractivity contribution in [3.8, 4) is 0 Å². The van der Waals surface area contributed by atoms with E-state index in [1.54, 1.807) is 0 Å². The molecule has 0 aliphatic rings. The molecule has 7 heavy (non-hydrogen) atoms. The average Bonchev–Trinajstić information content (AvgIpc) is 1.39. The molecule has 0 aromatic heterocycles. The van der Waals surface area contributed by atoms with Gasteiger partial charge in [0.05, 0.1) is 6.01 Å². The molecule has 0 rings (SSSR count). The molecule has 0 saturated heterocycles. The van der Waals surface area contributed by atoms with Gasteiger partial charge < -0.3 is 0 Å². The molecule has 0 spiro atoms. The fraction of sp³-hybridized carbons (Fsp3) is 0. The Morgan fingerprint density at radius 3 is 1.57 bits per heavy atom. The Morgan fingerprint density at radius 2 is 1.57 bits per heavy atom. The van der Waals surface area contributed by atoms with Crippen LogP contribution in [0.25, 0.3) is 0 Å². The van der Waals surface area contributed by atoms with Gasteiger partial charge in [-0.15, -0.1) is 0 Å². The summed E-state index contributed by atoms with van der Waals surface area (Å²) in [6.07, 6.45) is 1.50. The Morgan fingerprint density at radius 1 is 1.57 bits per heavy atom. The van der Waals surface area contributed by atoms with E-state index in [-0.39, 0.29) is 18.9 Å². The summed E-state index contributed by atoms with van der Waals surface area (Å²) < 4.78 is 0. The van der Waals surface area contributed by atoms with E-state index < -0.39 is 0 Å². The largest absolute Gasteiger partial charge is 1.00 e. The van der Waals surface area contributed by atoms with Crippen LogP contribution in [0, 0.1) is 17.7 Å². The predicted molar refractivity (Wildman–Crippen MR) is 26.0 cm³/mol. The summed E-state index contributed by atoms with van der Waals surface area (Å²) in [6.45, 7) is 6.50. The van der Waals surface area contributed by atoms with Crippen molar-refractivity contribution in [2.45, 2.75) is 0 Å². The molecule has 0 amide bonds. The summed E-state index contributed by atoms with van der Waals surface area (Å²) in [6, 6.07) is 1.25. The maximum atomic E-state index is 5.62. The third-order valence-electron chi connectivity index (χ3n) is 0. The summed E-state index contributed by atoms with van der Waals surface area (Å²) in [4.78, 5) is 0. The van der Waals surface area contributed by atoms with E-state index in [2.05, 4.69) is 13.5 Å². The first-order chi connectivity index (χ1) is 2.83. The quantitative estimate of drug-likeness (QED) is 0.203. The topological polar surface area (TPSA) is 47.7 Å². The molecule has 0 atom stereocenters. The zero-order valence-electron chi connectivity index (χ0n) is 4.49. The predicted octanol–water partition coefficient (Wildman–Crippen LogP) is -1.67. The van der Waals surface area contributed by atoms with Gasteiger partial charge in [0.2, 0.25) is 0 Å². The van der Waals surface area contributed by atoms with Gasteiger partial charge in [-0.2, -0.15) is 0 Å². The molecule has 0 aliphatic carbocycles. The van der Waals surface area contributed by atoms with Gasteiger partial charge in [0.1, 0.15) is 0 Å². The standard InChI is InChI=1S/C3H5.CH2N2.Li/c1-3-2;2-1-3;/h3H,1-2H2;2-3H;/q-1;;+1. The zero-order valence-corrected chi connectivity index (χ0v) is 4.49. The summed E-state index contributed by atoms with van der Waals surface area (Å²) in [5.74, 6) is 0. The molecule has 2 N–H and O–H groups in total. The van der Waals surface area contributed by atoms with E-state index in [9.17, 15) is 0 Å². The van der Waals surface area contributed by atoms with Crippen molar-refractivity contribution in [3.05, 3.63) is 19.6 Å². The Kier molecular flexibility index (Phi) is 107.